The van der Waals surface area contributed by atoms with Gasteiger partial charge in [-0.25, -0.2) is 0 Å². The van der Waals surface area contributed by atoms with Crippen molar-refractivity contribution in [1.29, 1.82) is 5.26 Å². The highest BCUT2D eigenvalue weighted by Crippen LogP contribution is 2.20. The molecule has 1 aromatic carbocycles. The molecule has 0 atom stereocenters. The third-order valence-electron chi connectivity index (χ3n) is 2.64. The first-order valence-corrected chi connectivity index (χ1v) is 7.50. The zero-order chi connectivity index (χ0) is 14.5. The maximum Gasteiger partial charge on any atom is 0.266 e. The Bertz CT molecular complexity index is 695. The predicted molar refractivity (Wildman–Crippen MR) is 85.4 cm³/mol. The van der Waals surface area contributed by atoms with Crippen molar-refractivity contribution < 1.29 is 4.79 Å². The summed E-state index contributed by atoms with van der Waals surface area (Å²) in [5.74, 6) is -0.400. The molecule has 1 heterocycles. The van der Waals surface area contributed by atoms with Gasteiger partial charge in [0.2, 0.25) is 0 Å². The van der Waals surface area contributed by atoms with Gasteiger partial charge in [-0.3, -0.25) is 4.79 Å². The number of amides is 1. The topological polar surface area (TPSA) is 52.9 Å². The van der Waals surface area contributed by atoms with E-state index in [0.29, 0.717) is 5.69 Å². The van der Waals surface area contributed by atoms with Crippen LogP contribution in [-0.2, 0) is 4.79 Å². The van der Waals surface area contributed by atoms with Gasteiger partial charge >= 0.3 is 0 Å². The fourth-order valence-corrected chi connectivity index (χ4v) is 2.67. The van der Waals surface area contributed by atoms with E-state index in [2.05, 4.69) is 21.2 Å². The van der Waals surface area contributed by atoms with E-state index in [0.717, 1.165) is 14.9 Å². The molecule has 100 valence electrons. The van der Waals surface area contributed by atoms with Crippen LogP contribution < -0.4 is 5.32 Å². The normalized spacial score (nSPS) is 10.9. The minimum Gasteiger partial charge on any atom is -0.321 e. The first-order valence-electron chi connectivity index (χ1n) is 5.83. The van der Waals surface area contributed by atoms with Crippen LogP contribution in [0.5, 0.6) is 0 Å². The van der Waals surface area contributed by atoms with Crippen LogP contribution in [0.3, 0.4) is 0 Å². The van der Waals surface area contributed by atoms with Crippen LogP contribution in [-0.4, -0.2) is 5.91 Å². The average Bonchev–Trinajstić information content (AvgIpc) is 2.84. The number of halogens is 1. The van der Waals surface area contributed by atoms with Crippen molar-refractivity contribution >= 4 is 44.9 Å². The van der Waals surface area contributed by atoms with E-state index >= 15 is 0 Å². The number of carbonyl (C=O) groups excluding carboxylic acids is 1. The minimum absolute atomic E-state index is 0.0958. The Hall–Kier alpha value is -1.90. The van der Waals surface area contributed by atoms with Crippen molar-refractivity contribution in [2.45, 2.75) is 6.92 Å². The minimum atomic E-state index is -0.400. The molecule has 0 aliphatic heterocycles. The molecule has 0 radical (unpaired) electrons. The Morgan fingerprint density at radius 1 is 1.35 bits per heavy atom. The lowest BCUT2D eigenvalue weighted by Gasteiger charge is -2.04. The van der Waals surface area contributed by atoms with E-state index in [1.807, 2.05) is 36.6 Å². The molecule has 20 heavy (non-hydrogen) atoms. The third-order valence-corrected chi connectivity index (χ3v) is 4.14. The zero-order valence-electron chi connectivity index (χ0n) is 10.7. The molecule has 1 N–H and O–H groups in total. The van der Waals surface area contributed by atoms with Gasteiger partial charge in [-0.15, -0.1) is 11.3 Å². The fourth-order valence-electron chi connectivity index (χ4n) is 1.54. The Labute approximate surface area is 129 Å². The Morgan fingerprint density at radius 2 is 2.05 bits per heavy atom. The maximum absolute atomic E-state index is 12.1. The summed E-state index contributed by atoms with van der Waals surface area (Å²) in [6, 6.07) is 11.1. The van der Waals surface area contributed by atoms with Gasteiger partial charge in [0.05, 0.1) is 0 Å². The van der Waals surface area contributed by atoms with Gasteiger partial charge in [-0.05, 0) is 54.3 Å². The summed E-state index contributed by atoms with van der Waals surface area (Å²) in [6.07, 6.45) is 1.62. The number of carbonyl (C=O) groups is 1. The lowest BCUT2D eigenvalue weighted by Crippen LogP contribution is -2.13. The molecule has 2 aromatic rings. The standard InChI is InChI=1S/C15H11BrN2OS/c1-10-6-7-20-14(10)8-11(9-17)15(19)18-13-4-2-12(16)3-5-13/h2-8H,1H3,(H,18,19)/b11-8-. The molecule has 0 unspecified atom stereocenters. The number of thiophene rings is 1. The smallest absolute Gasteiger partial charge is 0.266 e. The first kappa shape index (κ1) is 14.5. The fraction of sp³-hybridized carbons (Fsp3) is 0.0667. The van der Waals surface area contributed by atoms with Crippen molar-refractivity contribution in [3.8, 4) is 6.07 Å². The van der Waals surface area contributed by atoms with Crippen LogP contribution in [0.2, 0.25) is 0 Å². The second-order valence-corrected chi connectivity index (χ2v) is 5.96. The summed E-state index contributed by atoms with van der Waals surface area (Å²) in [7, 11) is 0. The lowest BCUT2D eigenvalue weighted by atomic mass is 10.2. The molecule has 2 rings (SSSR count). The molecule has 0 fully saturated rings. The Balaban J connectivity index is 2.18. The number of hydrogen-bond donors (Lipinski definition) is 1. The SMILES string of the molecule is Cc1ccsc1/C=C(/C#N)C(=O)Nc1ccc(Br)cc1. The molecule has 1 aromatic heterocycles. The van der Waals surface area contributed by atoms with Gasteiger partial charge in [-0.2, -0.15) is 5.26 Å². The summed E-state index contributed by atoms with van der Waals surface area (Å²) >= 11 is 4.83. The van der Waals surface area contributed by atoms with Gasteiger partial charge in [0.25, 0.3) is 5.91 Å². The van der Waals surface area contributed by atoms with Gasteiger partial charge in [0, 0.05) is 15.0 Å². The van der Waals surface area contributed by atoms with Crippen molar-refractivity contribution in [3.05, 3.63) is 56.2 Å². The lowest BCUT2D eigenvalue weighted by molar-refractivity contribution is -0.112. The third kappa shape index (κ3) is 3.56. The Morgan fingerprint density at radius 3 is 2.60 bits per heavy atom. The summed E-state index contributed by atoms with van der Waals surface area (Å²) in [5.41, 5.74) is 1.81. The molecule has 0 saturated carbocycles. The molecule has 0 aliphatic carbocycles. The van der Waals surface area contributed by atoms with Crippen LogP contribution in [0.25, 0.3) is 6.08 Å². The van der Waals surface area contributed by atoms with Gasteiger partial charge in [-0.1, -0.05) is 15.9 Å². The summed E-state index contributed by atoms with van der Waals surface area (Å²) in [5, 5.41) is 13.8. The van der Waals surface area contributed by atoms with Crippen molar-refractivity contribution in [2.75, 3.05) is 5.32 Å². The molecule has 0 bridgehead atoms. The zero-order valence-corrected chi connectivity index (χ0v) is 13.1. The second-order valence-electron chi connectivity index (χ2n) is 4.10. The number of nitrogens with zero attached hydrogens (tertiary/aromatic N) is 1. The number of benzene rings is 1. The molecule has 1 amide bonds. The number of rotatable bonds is 3. The summed E-state index contributed by atoms with van der Waals surface area (Å²) in [4.78, 5) is 13.0. The van der Waals surface area contributed by atoms with E-state index < -0.39 is 5.91 Å². The van der Waals surface area contributed by atoms with Crippen LogP contribution >= 0.6 is 27.3 Å². The van der Waals surface area contributed by atoms with Crippen molar-refractivity contribution in [2.24, 2.45) is 0 Å². The monoisotopic (exact) mass is 346 g/mol. The highest BCUT2D eigenvalue weighted by atomic mass is 79.9. The van der Waals surface area contributed by atoms with Crippen molar-refractivity contribution in [1.82, 2.24) is 0 Å². The van der Waals surface area contributed by atoms with Gasteiger partial charge in [0.1, 0.15) is 11.6 Å². The molecule has 0 aliphatic rings. The van der Waals surface area contributed by atoms with E-state index in [9.17, 15) is 4.79 Å². The maximum atomic E-state index is 12.1. The van der Waals surface area contributed by atoms with E-state index in [4.69, 9.17) is 5.26 Å². The predicted octanol–water partition coefficient (Wildman–Crippen LogP) is 4.36. The molecule has 0 spiro atoms. The first-order chi connectivity index (χ1) is 9.60. The van der Waals surface area contributed by atoms with E-state index in [-0.39, 0.29) is 5.57 Å². The number of nitriles is 1. The van der Waals surface area contributed by atoms with Crippen molar-refractivity contribution in [3.63, 3.8) is 0 Å². The van der Waals surface area contributed by atoms with Crippen LogP contribution in [0.4, 0.5) is 5.69 Å². The van der Waals surface area contributed by atoms with Crippen LogP contribution in [0.1, 0.15) is 10.4 Å². The Kier molecular flexibility index (Phi) is 4.72. The molecular weight excluding hydrogens is 336 g/mol. The number of anilines is 1. The van der Waals surface area contributed by atoms with Crippen LogP contribution in [0.15, 0.2) is 45.8 Å². The van der Waals surface area contributed by atoms with E-state index in [1.165, 1.54) is 11.3 Å². The largest absolute Gasteiger partial charge is 0.321 e. The molecule has 3 nitrogen and oxygen atoms in total. The van der Waals surface area contributed by atoms with Crippen LogP contribution in [0, 0.1) is 18.3 Å². The molecule has 0 saturated heterocycles. The average molecular weight is 347 g/mol. The highest BCUT2D eigenvalue weighted by molar-refractivity contribution is 9.10. The summed E-state index contributed by atoms with van der Waals surface area (Å²) < 4.78 is 0.931. The quantitative estimate of drug-likeness (QED) is 0.662. The highest BCUT2D eigenvalue weighted by Gasteiger charge is 2.10. The second kappa shape index (κ2) is 6.51. The van der Waals surface area contributed by atoms with E-state index in [1.54, 1.807) is 18.2 Å². The summed E-state index contributed by atoms with van der Waals surface area (Å²) in [6.45, 7) is 1.95. The van der Waals surface area contributed by atoms with Gasteiger partial charge in [0.15, 0.2) is 0 Å². The molecule has 5 heteroatoms. The van der Waals surface area contributed by atoms with Gasteiger partial charge < -0.3 is 5.32 Å². The number of aryl methyl sites for hydroxylation is 1. The number of nitrogens with one attached hydrogen (secondary N) is 1. The number of hydrogen-bond acceptors (Lipinski definition) is 3. The molecular formula is C15H11BrN2OS.